The Balaban J connectivity index is 1.49. The maximum Gasteiger partial charge on any atom is 0.338 e. The van der Waals surface area contributed by atoms with E-state index in [4.69, 9.17) is 4.74 Å². The summed E-state index contributed by atoms with van der Waals surface area (Å²) in [6.07, 6.45) is -1.07. The van der Waals surface area contributed by atoms with Crippen LogP contribution in [0.4, 0.5) is 0 Å². The van der Waals surface area contributed by atoms with E-state index in [1.165, 1.54) is 42.4 Å². The van der Waals surface area contributed by atoms with Crippen molar-refractivity contribution in [3.63, 3.8) is 0 Å². The molecule has 2 aromatic carbocycles. The third kappa shape index (κ3) is 4.85. The van der Waals surface area contributed by atoms with E-state index in [2.05, 4.69) is 4.98 Å². The number of hydrogen-bond acceptors (Lipinski definition) is 6. The number of aryl methyl sites for hydroxylation is 1. The summed E-state index contributed by atoms with van der Waals surface area (Å²) in [5.41, 5.74) is 1.98. The zero-order chi connectivity index (χ0) is 25.3. The van der Waals surface area contributed by atoms with Crippen molar-refractivity contribution in [2.75, 3.05) is 26.2 Å². The lowest BCUT2D eigenvalue weighted by atomic mass is 10.0. The Bertz CT molecular complexity index is 1400. The van der Waals surface area contributed by atoms with Crippen LogP contribution in [-0.4, -0.2) is 72.5 Å². The summed E-state index contributed by atoms with van der Waals surface area (Å²) < 4.78 is 32.9. The van der Waals surface area contributed by atoms with Crippen LogP contribution in [0.3, 0.4) is 0 Å². The van der Waals surface area contributed by atoms with E-state index in [1.54, 1.807) is 11.8 Å². The van der Waals surface area contributed by atoms with Gasteiger partial charge in [0.1, 0.15) is 0 Å². The summed E-state index contributed by atoms with van der Waals surface area (Å²) in [4.78, 5) is 42.1. The fourth-order valence-electron chi connectivity index (χ4n) is 4.26. The van der Waals surface area contributed by atoms with Gasteiger partial charge in [0.2, 0.25) is 21.7 Å². The molecule has 1 amide bonds. The highest BCUT2D eigenvalue weighted by Gasteiger charge is 2.30. The first-order valence-corrected chi connectivity index (χ1v) is 12.7. The maximum absolute atomic E-state index is 13.1. The van der Waals surface area contributed by atoms with Gasteiger partial charge in [-0.3, -0.25) is 9.59 Å². The van der Waals surface area contributed by atoms with Crippen molar-refractivity contribution >= 4 is 38.6 Å². The molecule has 1 unspecified atom stereocenters. The number of rotatable bonds is 6. The van der Waals surface area contributed by atoms with Gasteiger partial charge in [-0.15, -0.1) is 0 Å². The predicted molar refractivity (Wildman–Crippen MR) is 130 cm³/mol. The predicted octanol–water partition coefficient (Wildman–Crippen LogP) is 2.76. The number of hydrogen-bond donors (Lipinski definition) is 1. The van der Waals surface area contributed by atoms with Crippen molar-refractivity contribution in [1.82, 2.24) is 14.2 Å². The molecule has 2 heterocycles. The van der Waals surface area contributed by atoms with Crippen LogP contribution in [0.2, 0.25) is 0 Å². The van der Waals surface area contributed by atoms with E-state index in [0.29, 0.717) is 24.3 Å². The topological polar surface area (TPSA) is 117 Å². The minimum Gasteiger partial charge on any atom is -0.451 e. The number of fused-ring (bicyclic) bond motifs is 1. The molecule has 4 rings (SSSR count). The number of aromatic amines is 1. The molecule has 0 radical (unpaired) electrons. The molecule has 3 aromatic rings. The third-order valence-corrected chi connectivity index (χ3v) is 8.08. The molecule has 1 aromatic heterocycles. The lowest BCUT2D eigenvalue weighted by Crippen LogP contribution is -2.49. The number of Topliss-reactive ketones (excluding diaryl/α,β-unsaturated/α-hetero) is 1. The summed E-state index contributed by atoms with van der Waals surface area (Å²) in [5.74, 6) is -1.24. The summed E-state index contributed by atoms with van der Waals surface area (Å²) in [5, 5.41) is 0.746. The van der Waals surface area contributed by atoms with Gasteiger partial charge in [0, 0.05) is 55.3 Å². The third-order valence-electron chi connectivity index (χ3n) is 6.18. The molecular weight excluding hydrogens is 470 g/mol. The molecule has 1 saturated heterocycles. The van der Waals surface area contributed by atoms with Gasteiger partial charge in [-0.05, 0) is 38.1 Å². The zero-order valence-corrected chi connectivity index (χ0v) is 20.6. The largest absolute Gasteiger partial charge is 0.451 e. The standard InChI is InChI=1S/C25H27N3O6S/c1-16-23(21-9-4-5-10-22(21)26-16)24(30)17(2)34-25(31)19-7-6-8-20(15-19)35(32,33)28-13-11-27(12-14-28)18(3)29/h4-10,15,17,26H,11-14H2,1-3H3. The quantitative estimate of drug-likeness (QED) is 0.413. The van der Waals surface area contributed by atoms with Crippen molar-refractivity contribution in [3.05, 3.63) is 65.4 Å². The highest BCUT2D eigenvalue weighted by molar-refractivity contribution is 7.89. The van der Waals surface area contributed by atoms with Gasteiger partial charge < -0.3 is 14.6 Å². The first-order valence-electron chi connectivity index (χ1n) is 11.3. The summed E-state index contributed by atoms with van der Waals surface area (Å²) >= 11 is 0. The number of carbonyl (C=O) groups is 3. The van der Waals surface area contributed by atoms with Crippen LogP contribution in [0, 0.1) is 6.92 Å². The van der Waals surface area contributed by atoms with E-state index in [0.717, 1.165) is 10.9 Å². The molecule has 0 aliphatic carbocycles. The number of ether oxygens (including phenoxy) is 1. The number of ketones is 1. The smallest absolute Gasteiger partial charge is 0.338 e. The van der Waals surface area contributed by atoms with E-state index in [-0.39, 0.29) is 35.2 Å². The average molecular weight is 498 g/mol. The summed E-state index contributed by atoms with van der Waals surface area (Å²) in [6, 6.07) is 13.0. The number of carbonyl (C=O) groups excluding carboxylic acids is 3. The van der Waals surface area contributed by atoms with Gasteiger partial charge >= 0.3 is 5.97 Å². The molecule has 9 nitrogen and oxygen atoms in total. The number of aromatic nitrogens is 1. The van der Waals surface area contributed by atoms with Gasteiger partial charge in [-0.25, -0.2) is 13.2 Å². The Hall–Kier alpha value is -3.50. The fraction of sp³-hybridized carbons (Fsp3) is 0.320. The second-order valence-electron chi connectivity index (χ2n) is 8.52. The van der Waals surface area contributed by atoms with Crippen LogP contribution in [0.15, 0.2) is 53.4 Å². The number of esters is 1. The molecule has 1 fully saturated rings. The molecule has 10 heteroatoms. The second-order valence-corrected chi connectivity index (χ2v) is 10.5. The van der Waals surface area contributed by atoms with E-state index >= 15 is 0 Å². The zero-order valence-electron chi connectivity index (χ0n) is 19.8. The number of amides is 1. The lowest BCUT2D eigenvalue weighted by Gasteiger charge is -2.33. The maximum atomic E-state index is 13.1. The van der Waals surface area contributed by atoms with Crippen LogP contribution < -0.4 is 0 Å². The number of nitrogens with zero attached hydrogens (tertiary/aromatic N) is 2. The second kappa shape index (κ2) is 9.63. The lowest BCUT2D eigenvalue weighted by molar-refractivity contribution is -0.129. The Kier molecular flexibility index (Phi) is 6.77. The van der Waals surface area contributed by atoms with Crippen molar-refractivity contribution in [2.45, 2.75) is 31.8 Å². The van der Waals surface area contributed by atoms with Crippen molar-refractivity contribution in [3.8, 4) is 0 Å². The number of para-hydroxylation sites is 1. The normalized spacial score (nSPS) is 15.7. The van der Waals surface area contributed by atoms with Gasteiger partial charge in [0.05, 0.1) is 10.5 Å². The molecule has 0 spiro atoms. The minimum atomic E-state index is -3.86. The highest BCUT2D eigenvalue weighted by Crippen LogP contribution is 2.25. The highest BCUT2D eigenvalue weighted by atomic mass is 32.2. The monoisotopic (exact) mass is 497 g/mol. The average Bonchev–Trinajstić information content (AvgIpc) is 3.19. The Labute approximate surface area is 203 Å². The van der Waals surface area contributed by atoms with E-state index < -0.39 is 22.1 Å². The number of sulfonamides is 1. The molecule has 1 N–H and O–H groups in total. The molecule has 1 aliphatic heterocycles. The molecule has 0 bridgehead atoms. The van der Waals surface area contributed by atoms with Crippen LogP contribution in [-0.2, 0) is 19.6 Å². The van der Waals surface area contributed by atoms with Crippen LogP contribution in [0.5, 0.6) is 0 Å². The minimum absolute atomic E-state index is 0.0312. The van der Waals surface area contributed by atoms with Gasteiger partial charge in [0.15, 0.2) is 6.10 Å². The van der Waals surface area contributed by atoms with Crippen LogP contribution in [0.25, 0.3) is 10.9 Å². The van der Waals surface area contributed by atoms with Gasteiger partial charge in [-0.2, -0.15) is 4.31 Å². The molecule has 0 saturated carbocycles. The van der Waals surface area contributed by atoms with Gasteiger partial charge in [-0.1, -0.05) is 24.3 Å². The number of nitrogens with one attached hydrogen (secondary N) is 1. The van der Waals surface area contributed by atoms with Crippen LogP contribution >= 0.6 is 0 Å². The van der Waals surface area contributed by atoms with Gasteiger partial charge in [0.25, 0.3) is 0 Å². The first kappa shape index (κ1) is 24.6. The van der Waals surface area contributed by atoms with Crippen molar-refractivity contribution < 1.29 is 27.5 Å². The Morgan fingerprint density at radius 2 is 1.69 bits per heavy atom. The molecule has 1 aliphatic rings. The molecular formula is C25H27N3O6S. The van der Waals surface area contributed by atoms with Crippen molar-refractivity contribution in [1.29, 1.82) is 0 Å². The number of benzene rings is 2. The Morgan fingerprint density at radius 1 is 1.00 bits per heavy atom. The molecule has 35 heavy (non-hydrogen) atoms. The first-order chi connectivity index (χ1) is 16.6. The van der Waals surface area contributed by atoms with E-state index in [1.807, 2.05) is 24.3 Å². The van der Waals surface area contributed by atoms with Crippen molar-refractivity contribution in [2.24, 2.45) is 0 Å². The summed E-state index contributed by atoms with van der Waals surface area (Å²) in [6.45, 7) is 5.69. The number of H-pyrrole nitrogens is 1. The van der Waals surface area contributed by atoms with E-state index in [9.17, 15) is 22.8 Å². The Morgan fingerprint density at radius 3 is 2.37 bits per heavy atom. The summed E-state index contributed by atoms with van der Waals surface area (Å²) in [7, 11) is -3.86. The van der Waals surface area contributed by atoms with Crippen LogP contribution in [0.1, 0.15) is 40.3 Å². The fourth-order valence-corrected chi connectivity index (χ4v) is 5.72. The number of piperazine rings is 1. The SMILES string of the molecule is CC(=O)N1CCN(S(=O)(=O)c2cccc(C(=O)OC(C)C(=O)c3c(C)[nH]c4ccccc34)c2)CC1. The molecule has 184 valence electrons. The molecule has 1 atom stereocenters.